The van der Waals surface area contributed by atoms with Crippen LogP contribution in [0.3, 0.4) is 0 Å². The Morgan fingerprint density at radius 1 is 1.29 bits per heavy atom. The van der Waals surface area contributed by atoms with Gasteiger partial charge in [-0.05, 0) is 32.9 Å². The summed E-state index contributed by atoms with van der Waals surface area (Å²) in [5.74, 6) is -1.56. The molecular weight excluding hydrogens is 402 g/mol. The minimum Gasteiger partial charge on any atom is -0.310 e. The summed E-state index contributed by atoms with van der Waals surface area (Å²) in [5.41, 5.74) is -0.982. The van der Waals surface area contributed by atoms with Crippen LogP contribution in [0.2, 0.25) is 0 Å². The van der Waals surface area contributed by atoms with Crippen LogP contribution < -0.4 is 16.6 Å². The molecule has 0 spiro atoms. The van der Waals surface area contributed by atoms with E-state index in [1.54, 1.807) is 0 Å². The van der Waals surface area contributed by atoms with Crippen molar-refractivity contribution in [1.29, 1.82) is 0 Å². The quantitative estimate of drug-likeness (QED) is 0.729. The lowest BCUT2D eigenvalue weighted by Crippen LogP contribution is -2.43. The standard InChI is InChI=1S/C17H19F4N3O3S/c1-8-5-10(18)12(6-13(8)28(27)7-17(19,20)21)24-9(2)14(11-3-4-22-11)15(25)23-16(24)26/h6,10-11,22H,3-5,7H2,1-2H3,(H,23,25,26). The molecule has 1 saturated heterocycles. The minimum atomic E-state index is -4.65. The van der Waals surface area contributed by atoms with Crippen LogP contribution in [0.15, 0.2) is 26.1 Å². The molecule has 0 radical (unpaired) electrons. The van der Waals surface area contributed by atoms with Gasteiger partial charge in [-0.2, -0.15) is 13.2 Å². The van der Waals surface area contributed by atoms with Gasteiger partial charge in [-0.15, -0.1) is 0 Å². The third-order valence-corrected chi connectivity index (χ3v) is 6.42. The van der Waals surface area contributed by atoms with Crippen LogP contribution in [0.25, 0.3) is 5.70 Å². The Bertz CT molecular complexity index is 1000. The first-order valence-corrected chi connectivity index (χ1v) is 9.91. The molecular formula is C17H19F4N3O3S. The van der Waals surface area contributed by atoms with Crippen LogP contribution in [0.1, 0.15) is 37.1 Å². The van der Waals surface area contributed by atoms with Crippen molar-refractivity contribution >= 4 is 16.5 Å². The van der Waals surface area contributed by atoms with Gasteiger partial charge in [-0.3, -0.25) is 18.6 Å². The Kier molecular flexibility index (Phi) is 5.50. The van der Waals surface area contributed by atoms with Crippen LogP contribution in [0, 0.1) is 6.92 Å². The number of H-pyrrole nitrogens is 1. The molecule has 1 aromatic rings. The van der Waals surface area contributed by atoms with Crippen molar-refractivity contribution in [1.82, 2.24) is 14.9 Å². The summed E-state index contributed by atoms with van der Waals surface area (Å²) in [7, 11) is -2.43. The number of nitrogens with one attached hydrogen (secondary N) is 2. The first-order chi connectivity index (χ1) is 13.0. The van der Waals surface area contributed by atoms with Gasteiger partial charge in [0.15, 0.2) is 0 Å². The molecule has 11 heteroatoms. The van der Waals surface area contributed by atoms with E-state index < -0.39 is 40.1 Å². The van der Waals surface area contributed by atoms with Gasteiger partial charge in [0.1, 0.15) is 11.9 Å². The Morgan fingerprint density at radius 2 is 1.93 bits per heavy atom. The van der Waals surface area contributed by atoms with Crippen molar-refractivity contribution in [3.63, 3.8) is 0 Å². The van der Waals surface area contributed by atoms with Gasteiger partial charge >= 0.3 is 11.9 Å². The van der Waals surface area contributed by atoms with E-state index in [4.69, 9.17) is 0 Å². The molecule has 2 N–H and O–H groups in total. The average molecular weight is 421 g/mol. The zero-order valence-electron chi connectivity index (χ0n) is 15.2. The van der Waals surface area contributed by atoms with E-state index in [0.717, 1.165) is 10.6 Å². The molecule has 3 unspecified atom stereocenters. The second kappa shape index (κ2) is 7.43. The lowest BCUT2D eigenvalue weighted by atomic mass is 9.96. The smallest absolute Gasteiger partial charge is 0.310 e. The number of hydrogen-bond acceptors (Lipinski definition) is 4. The Hall–Kier alpha value is -2.01. The predicted molar refractivity (Wildman–Crippen MR) is 97.0 cm³/mol. The van der Waals surface area contributed by atoms with E-state index >= 15 is 0 Å². The number of hydrogen-bond donors (Lipinski definition) is 2. The van der Waals surface area contributed by atoms with Crippen LogP contribution in [-0.4, -0.2) is 38.4 Å². The molecule has 1 aliphatic heterocycles. The maximum atomic E-state index is 14.8. The highest BCUT2D eigenvalue weighted by atomic mass is 32.2. The summed E-state index contributed by atoms with van der Waals surface area (Å²) in [6, 6.07) is -0.283. The zero-order chi connectivity index (χ0) is 20.8. The van der Waals surface area contributed by atoms with Crippen molar-refractivity contribution < 1.29 is 21.8 Å². The van der Waals surface area contributed by atoms with Gasteiger partial charge in [0.2, 0.25) is 0 Å². The van der Waals surface area contributed by atoms with E-state index in [0.29, 0.717) is 13.0 Å². The van der Waals surface area contributed by atoms with Crippen molar-refractivity contribution in [2.75, 3.05) is 12.3 Å². The normalized spacial score (nSPS) is 24.0. The number of allylic oxidation sites excluding steroid dienone is 3. The van der Waals surface area contributed by atoms with Crippen LogP contribution in [-0.2, 0) is 10.8 Å². The molecule has 0 aromatic carbocycles. The topological polar surface area (TPSA) is 84.0 Å². The monoisotopic (exact) mass is 421 g/mol. The maximum Gasteiger partial charge on any atom is 0.400 e. The van der Waals surface area contributed by atoms with Gasteiger partial charge in [0.05, 0.1) is 22.1 Å². The van der Waals surface area contributed by atoms with E-state index in [-0.39, 0.29) is 39.9 Å². The average Bonchev–Trinajstić information content (AvgIpc) is 2.49. The number of alkyl halides is 4. The van der Waals surface area contributed by atoms with Crippen LogP contribution in [0.4, 0.5) is 17.6 Å². The largest absolute Gasteiger partial charge is 0.400 e. The van der Waals surface area contributed by atoms with Gasteiger partial charge in [0, 0.05) is 23.1 Å². The summed E-state index contributed by atoms with van der Waals surface area (Å²) in [5, 5.41) is 3.03. The molecule has 6 nitrogen and oxygen atoms in total. The van der Waals surface area contributed by atoms with Gasteiger partial charge < -0.3 is 5.32 Å². The van der Waals surface area contributed by atoms with Crippen molar-refractivity contribution in [3.8, 4) is 0 Å². The second-order valence-electron chi connectivity index (χ2n) is 6.88. The van der Waals surface area contributed by atoms with Crippen molar-refractivity contribution in [2.45, 2.75) is 45.1 Å². The molecule has 0 bridgehead atoms. The molecule has 2 aliphatic rings. The van der Waals surface area contributed by atoms with Gasteiger partial charge in [-0.25, -0.2) is 9.18 Å². The van der Waals surface area contributed by atoms with E-state index in [1.807, 2.05) is 0 Å². The Balaban J connectivity index is 2.12. The number of rotatable bonds is 4. The van der Waals surface area contributed by atoms with Crippen LogP contribution >= 0.6 is 0 Å². The molecule has 0 saturated carbocycles. The number of aromatic nitrogens is 2. The first kappa shape index (κ1) is 20.7. The van der Waals surface area contributed by atoms with Gasteiger partial charge in [-0.1, -0.05) is 5.57 Å². The number of halogens is 4. The van der Waals surface area contributed by atoms with E-state index in [9.17, 15) is 31.4 Å². The lowest BCUT2D eigenvalue weighted by Gasteiger charge is -2.30. The zero-order valence-corrected chi connectivity index (χ0v) is 16.0. The van der Waals surface area contributed by atoms with Crippen LogP contribution in [0.5, 0.6) is 0 Å². The molecule has 1 fully saturated rings. The maximum absolute atomic E-state index is 14.8. The second-order valence-corrected chi connectivity index (χ2v) is 8.30. The Labute approximate surface area is 159 Å². The first-order valence-electron chi connectivity index (χ1n) is 8.59. The molecule has 28 heavy (non-hydrogen) atoms. The summed E-state index contributed by atoms with van der Waals surface area (Å²) in [6.45, 7) is 3.59. The third kappa shape index (κ3) is 3.90. The summed E-state index contributed by atoms with van der Waals surface area (Å²) in [6.07, 6.45) is -4.91. The van der Waals surface area contributed by atoms with E-state index in [2.05, 4.69) is 10.3 Å². The highest BCUT2D eigenvalue weighted by Crippen LogP contribution is 2.33. The molecule has 0 amide bonds. The molecule has 154 valence electrons. The molecule has 2 heterocycles. The number of aromatic amines is 1. The van der Waals surface area contributed by atoms with Gasteiger partial charge in [0.25, 0.3) is 5.56 Å². The highest BCUT2D eigenvalue weighted by Gasteiger charge is 2.35. The summed E-state index contributed by atoms with van der Waals surface area (Å²) in [4.78, 5) is 26.6. The van der Waals surface area contributed by atoms with Crippen molar-refractivity contribution in [2.24, 2.45) is 0 Å². The fourth-order valence-corrected chi connectivity index (χ4v) is 4.60. The lowest BCUT2D eigenvalue weighted by molar-refractivity contribution is -0.105. The molecule has 1 aromatic heterocycles. The van der Waals surface area contributed by atoms with E-state index in [1.165, 1.54) is 13.8 Å². The Morgan fingerprint density at radius 3 is 2.46 bits per heavy atom. The SMILES string of the molecule is CC1=C(S(=O)CC(F)(F)F)C=C(n2c(C)c(C3CCN3)c(=O)[nH]c2=O)C(F)C1. The molecule has 1 aliphatic carbocycles. The molecule has 3 rings (SSSR count). The third-order valence-electron chi connectivity index (χ3n) is 4.87. The highest BCUT2D eigenvalue weighted by molar-refractivity contribution is 7.89. The molecule has 3 atom stereocenters. The summed E-state index contributed by atoms with van der Waals surface area (Å²) >= 11 is 0. The minimum absolute atomic E-state index is 0.151. The fraction of sp³-hybridized carbons (Fsp3) is 0.529. The predicted octanol–water partition coefficient (Wildman–Crippen LogP) is 2.05. The fourth-order valence-electron chi connectivity index (χ4n) is 3.43. The number of nitrogens with zero attached hydrogens (tertiary/aromatic N) is 1. The van der Waals surface area contributed by atoms with Crippen molar-refractivity contribution in [3.05, 3.63) is 48.6 Å². The summed E-state index contributed by atoms with van der Waals surface area (Å²) < 4.78 is 65.8.